The van der Waals surface area contributed by atoms with Gasteiger partial charge in [0, 0.05) is 25.2 Å². The molecule has 0 unspecified atom stereocenters. The van der Waals surface area contributed by atoms with E-state index in [1.54, 1.807) is 4.90 Å². The normalized spacial score (nSPS) is 11.3. The van der Waals surface area contributed by atoms with Crippen molar-refractivity contribution >= 4 is 33.5 Å². The molecule has 0 fully saturated rings. The number of rotatable bonds is 3. The molecule has 0 aliphatic rings. The lowest BCUT2D eigenvalue weighted by Gasteiger charge is -2.18. The molecule has 0 spiro atoms. The molecule has 4 aromatic rings. The van der Waals surface area contributed by atoms with Gasteiger partial charge in [0.05, 0.1) is 22.7 Å². The number of hydrogen-bond acceptors (Lipinski definition) is 2. The first-order chi connectivity index (χ1) is 12.1. The van der Waals surface area contributed by atoms with Gasteiger partial charge in [0.15, 0.2) is 0 Å². The maximum absolute atomic E-state index is 12.9. The van der Waals surface area contributed by atoms with Crippen molar-refractivity contribution in [2.24, 2.45) is 7.05 Å². The third-order valence-electron chi connectivity index (χ3n) is 4.75. The highest BCUT2D eigenvalue weighted by molar-refractivity contribution is 6.07. The maximum Gasteiger partial charge on any atom is 0.246 e. The lowest BCUT2D eigenvalue weighted by Crippen LogP contribution is -2.29. The number of benzene rings is 2. The molecule has 0 saturated heterocycles. The van der Waals surface area contributed by atoms with E-state index in [0.717, 1.165) is 27.6 Å². The Hall–Kier alpha value is -3.08. The van der Waals surface area contributed by atoms with Gasteiger partial charge in [-0.2, -0.15) is 5.10 Å². The fourth-order valence-corrected chi connectivity index (χ4v) is 3.30. The summed E-state index contributed by atoms with van der Waals surface area (Å²) in [7, 11) is 3.75. The first-order valence-corrected chi connectivity index (χ1v) is 8.28. The summed E-state index contributed by atoms with van der Waals surface area (Å²) in [5.74, 6) is 0.0374. The molecule has 2 heterocycles. The summed E-state index contributed by atoms with van der Waals surface area (Å²) in [4.78, 5) is 14.6. The van der Waals surface area contributed by atoms with Gasteiger partial charge >= 0.3 is 0 Å². The second kappa shape index (κ2) is 5.77. The molecule has 4 rings (SSSR count). The van der Waals surface area contributed by atoms with Crippen molar-refractivity contribution in [1.82, 2.24) is 14.3 Å². The molecule has 126 valence electrons. The molecular formula is C20H20N4O. The minimum absolute atomic E-state index is 0.0374. The Labute approximate surface area is 146 Å². The minimum atomic E-state index is 0.0374. The molecule has 0 saturated carbocycles. The Bertz CT molecular complexity index is 1070. The molecule has 2 aromatic carbocycles. The molecule has 0 bridgehead atoms. The monoisotopic (exact) mass is 332 g/mol. The molecule has 0 radical (unpaired) electrons. The van der Waals surface area contributed by atoms with Crippen LogP contribution in [0.3, 0.4) is 0 Å². The highest BCUT2D eigenvalue weighted by Crippen LogP contribution is 2.28. The number of aromatic nitrogens is 3. The van der Waals surface area contributed by atoms with E-state index in [2.05, 4.69) is 17.2 Å². The smallest absolute Gasteiger partial charge is 0.246 e. The summed E-state index contributed by atoms with van der Waals surface area (Å²) in [6, 6.07) is 16.1. The van der Waals surface area contributed by atoms with Crippen LogP contribution in [0, 0.1) is 6.92 Å². The Balaban J connectivity index is 1.74. The number of likely N-dealkylation sites (N-methyl/N-ethyl adjacent to an activating group) is 1. The van der Waals surface area contributed by atoms with Gasteiger partial charge in [0.1, 0.15) is 6.54 Å². The van der Waals surface area contributed by atoms with Gasteiger partial charge in [0.2, 0.25) is 5.91 Å². The Morgan fingerprint density at radius 2 is 1.80 bits per heavy atom. The number of para-hydroxylation sites is 1. The Morgan fingerprint density at radius 3 is 2.56 bits per heavy atom. The lowest BCUT2D eigenvalue weighted by atomic mass is 10.2. The first-order valence-electron chi connectivity index (χ1n) is 8.28. The number of hydrogen-bond donors (Lipinski definition) is 0. The maximum atomic E-state index is 12.9. The van der Waals surface area contributed by atoms with E-state index in [-0.39, 0.29) is 12.5 Å². The van der Waals surface area contributed by atoms with Crippen LogP contribution in [0.15, 0.2) is 54.7 Å². The number of carbonyl (C=O) groups is 1. The van der Waals surface area contributed by atoms with Gasteiger partial charge in [-0.15, -0.1) is 0 Å². The van der Waals surface area contributed by atoms with Gasteiger partial charge in [-0.05, 0) is 25.1 Å². The van der Waals surface area contributed by atoms with Gasteiger partial charge in [-0.1, -0.05) is 35.9 Å². The van der Waals surface area contributed by atoms with Gasteiger partial charge in [0.25, 0.3) is 0 Å². The molecule has 1 amide bonds. The molecule has 0 aliphatic carbocycles. The van der Waals surface area contributed by atoms with E-state index in [0.29, 0.717) is 0 Å². The fourth-order valence-electron chi connectivity index (χ4n) is 3.30. The van der Waals surface area contributed by atoms with E-state index in [9.17, 15) is 4.79 Å². The molecule has 5 heteroatoms. The average Bonchev–Trinajstić information content (AvgIpc) is 3.14. The SMILES string of the molecule is Cc1ccc(N(C)C(=O)Cn2c3ccccc3c3c2cnn3C)cc1. The van der Waals surface area contributed by atoms with Crippen molar-refractivity contribution in [3.63, 3.8) is 0 Å². The van der Waals surface area contributed by atoms with Crippen molar-refractivity contribution in [1.29, 1.82) is 0 Å². The van der Waals surface area contributed by atoms with Crippen LogP contribution in [-0.4, -0.2) is 27.3 Å². The molecular weight excluding hydrogens is 312 g/mol. The molecule has 2 aromatic heterocycles. The van der Waals surface area contributed by atoms with Crippen molar-refractivity contribution in [3.8, 4) is 0 Å². The van der Waals surface area contributed by atoms with Gasteiger partial charge in [-0.25, -0.2) is 0 Å². The van der Waals surface area contributed by atoms with Crippen LogP contribution >= 0.6 is 0 Å². The second-order valence-electron chi connectivity index (χ2n) is 6.39. The number of aryl methyl sites for hydroxylation is 2. The third kappa shape index (κ3) is 2.48. The van der Waals surface area contributed by atoms with E-state index in [1.165, 1.54) is 5.56 Å². The summed E-state index contributed by atoms with van der Waals surface area (Å²) >= 11 is 0. The summed E-state index contributed by atoms with van der Waals surface area (Å²) in [6.07, 6.45) is 1.83. The van der Waals surface area contributed by atoms with E-state index >= 15 is 0 Å². The van der Waals surface area contributed by atoms with Crippen LogP contribution in [0.1, 0.15) is 5.56 Å². The first kappa shape index (κ1) is 15.4. The largest absolute Gasteiger partial charge is 0.328 e. The standard InChI is InChI=1S/C20H20N4O/c1-14-8-10-15(11-9-14)22(2)19(25)13-24-17-7-5-4-6-16(17)20-18(24)12-21-23(20)3/h4-12H,13H2,1-3H3. The van der Waals surface area contributed by atoms with Crippen LogP contribution in [0.4, 0.5) is 5.69 Å². The zero-order chi connectivity index (χ0) is 17.6. The van der Waals surface area contributed by atoms with Crippen molar-refractivity contribution in [2.75, 3.05) is 11.9 Å². The molecule has 0 N–H and O–H groups in total. The molecule has 0 atom stereocenters. The van der Waals surface area contributed by atoms with E-state index in [4.69, 9.17) is 0 Å². The van der Waals surface area contributed by atoms with Crippen LogP contribution in [0.25, 0.3) is 21.9 Å². The third-order valence-corrected chi connectivity index (χ3v) is 4.75. The van der Waals surface area contributed by atoms with Crippen molar-refractivity contribution in [3.05, 3.63) is 60.3 Å². The van der Waals surface area contributed by atoms with Gasteiger partial charge < -0.3 is 9.47 Å². The Kier molecular flexibility index (Phi) is 3.57. The summed E-state index contributed by atoms with van der Waals surface area (Å²) < 4.78 is 3.91. The van der Waals surface area contributed by atoms with Crippen molar-refractivity contribution < 1.29 is 4.79 Å². The predicted molar refractivity (Wildman–Crippen MR) is 101 cm³/mol. The van der Waals surface area contributed by atoms with Gasteiger partial charge in [-0.3, -0.25) is 9.48 Å². The van der Waals surface area contributed by atoms with Crippen LogP contribution in [0.2, 0.25) is 0 Å². The number of carbonyl (C=O) groups excluding carboxylic acids is 1. The van der Waals surface area contributed by atoms with Crippen LogP contribution in [0.5, 0.6) is 0 Å². The second-order valence-corrected chi connectivity index (χ2v) is 6.39. The fraction of sp³-hybridized carbons (Fsp3) is 0.200. The number of nitrogens with zero attached hydrogens (tertiary/aromatic N) is 4. The Morgan fingerprint density at radius 1 is 1.08 bits per heavy atom. The predicted octanol–water partition coefficient (Wildman–Crippen LogP) is 3.50. The topological polar surface area (TPSA) is 43.1 Å². The van der Waals surface area contributed by atoms with Crippen molar-refractivity contribution in [2.45, 2.75) is 13.5 Å². The average molecular weight is 332 g/mol. The highest BCUT2D eigenvalue weighted by Gasteiger charge is 2.18. The van der Waals surface area contributed by atoms with Crippen LogP contribution < -0.4 is 4.90 Å². The van der Waals surface area contributed by atoms with E-state index < -0.39 is 0 Å². The highest BCUT2D eigenvalue weighted by atomic mass is 16.2. The quantitative estimate of drug-likeness (QED) is 0.576. The zero-order valence-electron chi connectivity index (χ0n) is 14.6. The molecule has 0 aliphatic heterocycles. The van der Waals surface area contributed by atoms with Crippen LogP contribution in [-0.2, 0) is 18.4 Å². The number of fused-ring (bicyclic) bond motifs is 3. The molecule has 5 nitrogen and oxygen atoms in total. The summed E-state index contributed by atoms with van der Waals surface area (Å²) in [6.45, 7) is 2.32. The summed E-state index contributed by atoms with van der Waals surface area (Å²) in [5.41, 5.74) is 5.17. The zero-order valence-corrected chi connectivity index (χ0v) is 14.6. The molecule has 25 heavy (non-hydrogen) atoms. The number of amides is 1. The summed E-state index contributed by atoms with van der Waals surface area (Å²) in [5, 5.41) is 5.47. The van der Waals surface area contributed by atoms with E-state index in [1.807, 2.05) is 72.9 Å². The minimum Gasteiger partial charge on any atom is -0.328 e. The lowest BCUT2D eigenvalue weighted by molar-refractivity contribution is -0.118. The number of anilines is 1.